The topological polar surface area (TPSA) is 0 Å². The fourth-order valence-electron chi connectivity index (χ4n) is 2.81. The molecule has 0 aromatic heterocycles. The van der Waals surface area contributed by atoms with Gasteiger partial charge in [0, 0.05) is 0 Å². The fraction of sp³-hybridized carbons (Fsp3) is 0.429. The van der Waals surface area contributed by atoms with Gasteiger partial charge in [0.25, 0.3) is 0 Å². The summed E-state index contributed by atoms with van der Waals surface area (Å²) in [6, 6.07) is 0. The van der Waals surface area contributed by atoms with Crippen LogP contribution < -0.4 is 0 Å². The third-order valence-electron chi connectivity index (χ3n) is 4.33. The molecule has 0 bridgehead atoms. The predicted molar refractivity (Wildman–Crippen MR) is 72.9 cm³/mol. The van der Waals surface area contributed by atoms with Gasteiger partial charge in [-0.05, 0) is 0 Å². The van der Waals surface area contributed by atoms with Gasteiger partial charge in [-0.25, -0.2) is 0 Å². The molecule has 2 heteroatoms. The monoisotopic (exact) mass is 308 g/mol. The van der Waals surface area contributed by atoms with Crippen molar-refractivity contribution in [3.05, 3.63) is 43.0 Å². The molecule has 0 fully saturated rings. The summed E-state index contributed by atoms with van der Waals surface area (Å²) in [6.45, 7) is 7.75. The van der Waals surface area contributed by atoms with Gasteiger partial charge in [0.15, 0.2) is 0 Å². The zero-order chi connectivity index (χ0) is 11.8. The normalized spacial score (nSPS) is 20.2. The van der Waals surface area contributed by atoms with Crippen molar-refractivity contribution in [3.8, 4) is 0 Å². The Balaban J connectivity index is 2.41. The van der Waals surface area contributed by atoms with E-state index >= 15 is 0 Å². The summed E-state index contributed by atoms with van der Waals surface area (Å²) in [7, 11) is 0. The van der Waals surface area contributed by atoms with Gasteiger partial charge < -0.3 is 0 Å². The van der Waals surface area contributed by atoms with Gasteiger partial charge in [-0.15, -0.1) is 0 Å². The van der Waals surface area contributed by atoms with Crippen LogP contribution in [0.1, 0.15) is 12.8 Å². The zero-order valence-corrected chi connectivity index (χ0v) is 14.3. The van der Waals surface area contributed by atoms with E-state index in [0.29, 0.717) is 0 Å². The quantitative estimate of drug-likeness (QED) is 0.662. The number of hydrogen-bond donors (Lipinski definition) is 0. The van der Waals surface area contributed by atoms with Crippen LogP contribution in [0.3, 0.4) is 0 Å². The molecule has 2 aliphatic carbocycles. The second-order valence-electron chi connectivity index (χ2n) is 6.02. The SMILES string of the molecule is C[Si](C)(C)[Zr]([CH3])([C]1=CC=CC1)[C]1=CC=CC1. The van der Waals surface area contributed by atoms with E-state index in [4.69, 9.17) is 0 Å². The molecule has 0 atom stereocenters. The third-order valence-corrected chi connectivity index (χ3v) is 41.4. The van der Waals surface area contributed by atoms with Gasteiger partial charge >= 0.3 is 105 Å². The van der Waals surface area contributed by atoms with Crippen molar-refractivity contribution in [2.75, 3.05) is 0 Å². The molecule has 0 saturated carbocycles. The first kappa shape index (κ1) is 12.5. The van der Waals surface area contributed by atoms with Gasteiger partial charge in [-0.1, -0.05) is 0 Å². The summed E-state index contributed by atoms with van der Waals surface area (Å²) in [5.41, 5.74) is 0. The Morgan fingerprint density at radius 1 is 0.938 bits per heavy atom. The van der Waals surface area contributed by atoms with Crippen LogP contribution in [0.2, 0.25) is 24.3 Å². The first-order valence-electron chi connectivity index (χ1n) is 6.18. The van der Waals surface area contributed by atoms with Crippen molar-refractivity contribution < 1.29 is 19.4 Å². The van der Waals surface area contributed by atoms with E-state index in [0.717, 1.165) is 0 Å². The van der Waals surface area contributed by atoms with Crippen molar-refractivity contribution in [1.29, 1.82) is 0 Å². The Morgan fingerprint density at radius 3 is 1.62 bits per heavy atom. The summed E-state index contributed by atoms with van der Waals surface area (Å²) in [5, 5.41) is -1.05. The Hall–Kier alpha value is 0.0600. The van der Waals surface area contributed by atoms with Crippen LogP contribution in [0.5, 0.6) is 0 Å². The average molecular weight is 310 g/mol. The van der Waals surface area contributed by atoms with E-state index in [1.807, 2.05) is 6.56 Å². The van der Waals surface area contributed by atoms with Gasteiger partial charge in [-0.3, -0.25) is 0 Å². The average Bonchev–Trinajstić information content (AvgIpc) is 2.88. The maximum atomic E-state index is 2.68. The second kappa shape index (κ2) is 4.38. The van der Waals surface area contributed by atoms with Gasteiger partial charge in [-0.2, -0.15) is 0 Å². The van der Waals surface area contributed by atoms with E-state index in [9.17, 15) is 0 Å². The summed E-state index contributed by atoms with van der Waals surface area (Å²) in [4.78, 5) is 0. The fourth-order valence-corrected chi connectivity index (χ4v) is 26.8. The molecule has 16 heavy (non-hydrogen) atoms. The maximum absolute atomic E-state index is 2.68. The second-order valence-corrected chi connectivity index (χ2v) is 36.2. The Kier molecular flexibility index (Phi) is 3.43. The molecule has 86 valence electrons. The van der Waals surface area contributed by atoms with Crippen molar-refractivity contribution >= 4 is 5.20 Å². The third kappa shape index (κ3) is 1.95. The Labute approximate surface area is 104 Å². The molecule has 0 aromatic rings. The molecule has 2 rings (SSSR count). The van der Waals surface area contributed by atoms with Gasteiger partial charge in [0.05, 0.1) is 0 Å². The van der Waals surface area contributed by atoms with Crippen LogP contribution in [-0.4, -0.2) is 5.20 Å². The van der Waals surface area contributed by atoms with Crippen LogP contribution in [0, 0.1) is 0 Å². The van der Waals surface area contributed by atoms with Crippen LogP contribution in [0.15, 0.2) is 43.0 Å². The first-order chi connectivity index (χ1) is 7.46. The van der Waals surface area contributed by atoms with Gasteiger partial charge in [0.1, 0.15) is 0 Å². The number of allylic oxidation sites excluding steroid dienone is 8. The molecule has 0 spiro atoms. The van der Waals surface area contributed by atoms with Crippen molar-refractivity contribution in [1.82, 2.24) is 0 Å². The van der Waals surface area contributed by atoms with E-state index in [2.05, 4.69) is 60.7 Å². The van der Waals surface area contributed by atoms with E-state index in [1.165, 1.54) is 12.8 Å². The molecular weight excluding hydrogens is 287 g/mol. The minimum atomic E-state index is -2.21. The molecule has 0 N–H and O–H groups in total. The summed E-state index contributed by atoms with van der Waals surface area (Å²) >= 11 is -2.21. The van der Waals surface area contributed by atoms with E-state index in [-0.39, 0.29) is 0 Å². The summed E-state index contributed by atoms with van der Waals surface area (Å²) in [6.07, 6.45) is 16.6. The molecule has 0 aromatic carbocycles. The Bertz CT molecular complexity index is 375. The van der Waals surface area contributed by atoms with Crippen LogP contribution >= 0.6 is 0 Å². The first-order valence-corrected chi connectivity index (χ1v) is 18.3. The molecule has 0 heterocycles. The molecule has 2 aliphatic rings. The van der Waals surface area contributed by atoms with Crippen molar-refractivity contribution in [2.24, 2.45) is 0 Å². The molecule has 0 amide bonds. The number of rotatable bonds is 3. The van der Waals surface area contributed by atoms with Crippen molar-refractivity contribution in [3.63, 3.8) is 0 Å². The number of hydrogen-bond acceptors (Lipinski definition) is 0. The predicted octanol–water partition coefficient (Wildman–Crippen LogP) is 4.71. The molecular formula is C14H22SiZr. The summed E-state index contributed by atoms with van der Waals surface area (Å²) in [5.74, 6) is 0. The Morgan fingerprint density at radius 2 is 1.38 bits per heavy atom. The summed E-state index contributed by atoms with van der Waals surface area (Å²) < 4.78 is 6.35. The van der Waals surface area contributed by atoms with Gasteiger partial charge in [0.2, 0.25) is 0 Å². The van der Waals surface area contributed by atoms with Crippen LogP contribution in [0.25, 0.3) is 0 Å². The van der Waals surface area contributed by atoms with E-state index in [1.54, 1.807) is 0 Å². The minimum absolute atomic E-state index is 1.05. The molecule has 0 aliphatic heterocycles. The standard InChI is InChI=1S/2C5H5.C3H9Si.CH3.Zr/c2*1-2-4-5-3-1;1-4(2)3;;/h2*1-3H,4H2;1-3H3;1H3;. The van der Waals surface area contributed by atoms with Crippen molar-refractivity contribution in [2.45, 2.75) is 37.1 Å². The zero-order valence-electron chi connectivity index (χ0n) is 10.9. The molecule has 0 saturated heterocycles. The van der Waals surface area contributed by atoms with E-state index < -0.39 is 24.6 Å². The molecule has 0 radical (unpaired) electrons. The molecule has 0 unspecified atom stereocenters. The van der Waals surface area contributed by atoms with Crippen LogP contribution in [-0.2, 0) is 19.4 Å². The molecule has 0 nitrogen and oxygen atoms in total. The van der Waals surface area contributed by atoms with Crippen LogP contribution in [0.4, 0.5) is 0 Å².